The van der Waals surface area contributed by atoms with Crippen molar-refractivity contribution in [1.82, 2.24) is 14.8 Å². The van der Waals surface area contributed by atoms with Crippen molar-refractivity contribution in [2.75, 3.05) is 0 Å². The lowest BCUT2D eigenvalue weighted by Gasteiger charge is -2.02. The highest BCUT2D eigenvalue weighted by atomic mass is 32.2. The number of aromatic nitrogens is 3. The van der Waals surface area contributed by atoms with E-state index in [1.54, 1.807) is 4.57 Å². The van der Waals surface area contributed by atoms with Gasteiger partial charge in [-0.15, -0.1) is 10.2 Å². The number of nitrogens with two attached hydrogens (primary N) is 1. The van der Waals surface area contributed by atoms with Gasteiger partial charge in [-0.25, -0.2) is 0 Å². The van der Waals surface area contributed by atoms with Crippen LogP contribution in [0, 0.1) is 11.3 Å². The van der Waals surface area contributed by atoms with Crippen LogP contribution in [0.25, 0.3) is 0 Å². The number of nitriles is 1. The van der Waals surface area contributed by atoms with Gasteiger partial charge in [0.2, 0.25) is 0 Å². The topological polar surface area (TPSA) is 80.5 Å². The van der Waals surface area contributed by atoms with E-state index in [1.807, 2.05) is 14.0 Å². The summed E-state index contributed by atoms with van der Waals surface area (Å²) < 4.78 is 1.80. The Morgan fingerprint density at radius 1 is 1.69 bits per heavy atom. The van der Waals surface area contributed by atoms with Crippen molar-refractivity contribution in [3.8, 4) is 6.07 Å². The van der Waals surface area contributed by atoms with Crippen molar-refractivity contribution in [3.63, 3.8) is 0 Å². The third-order valence-electron chi connectivity index (χ3n) is 1.57. The van der Waals surface area contributed by atoms with Crippen LogP contribution in [0.4, 0.5) is 0 Å². The van der Waals surface area contributed by atoms with Crippen LogP contribution < -0.4 is 5.73 Å². The van der Waals surface area contributed by atoms with E-state index in [1.165, 1.54) is 11.8 Å². The van der Waals surface area contributed by atoms with E-state index in [9.17, 15) is 0 Å². The van der Waals surface area contributed by atoms with Crippen LogP contribution in [-0.2, 0) is 13.6 Å². The molecule has 0 aliphatic carbocycles. The highest BCUT2D eigenvalue weighted by Crippen LogP contribution is 2.20. The molecule has 1 aromatic heterocycles. The highest BCUT2D eigenvalue weighted by molar-refractivity contribution is 8.00. The van der Waals surface area contributed by atoms with E-state index < -0.39 is 0 Å². The summed E-state index contributed by atoms with van der Waals surface area (Å²) in [5.74, 6) is 0.729. The third-order valence-corrected chi connectivity index (χ3v) is 2.60. The van der Waals surface area contributed by atoms with Crippen LogP contribution in [0.2, 0.25) is 0 Å². The standard InChI is InChI=1S/C7H11N5S/c1-5(3-8)13-7-11-10-6(4-9)12(7)2/h5H,4,9H2,1-2H3. The zero-order valence-corrected chi connectivity index (χ0v) is 8.38. The zero-order chi connectivity index (χ0) is 9.84. The van der Waals surface area contributed by atoms with Crippen molar-refractivity contribution in [3.05, 3.63) is 5.82 Å². The van der Waals surface area contributed by atoms with Gasteiger partial charge in [0.25, 0.3) is 0 Å². The maximum atomic E-state index is 8.60. The Morgan fingerprint density at radius 3 is 2.85 bits per heavy atom. The number of thioether (sulfide) groups is 1. The summed E-state index contributed by atoms with van der Waals surface area (Å²) in [5.41, 5.74) is 5.43. The molecule has 1 rings (SSSR count). The molecule has 0 aliphatic rings. The lowest BCUT2D eigenvalue weighted by Crippen LogP contribution is -2.05. The minimum atomic E-state index is -0.117. The van der Waals surface area contributed by atoms with Gasteiger partial charge < -0.3 is 10.3 Å². The predicted octanol–water partition coefficient (Wildman–Crippen LogP) is 0.278. The van der Waals surface area contributed by atoms with Gasteiger partial charge >= 0.3 is 0 Å². The lowest BCUT2D eigenvalue weighted by molar-refractivity contribution is 0.734. The Balaban J connectivity index is 2.79. The summed E-state index contributed by atoms with van der Waals surface area (Å²) in [6.07, 6.45) is 0. The predicted molar refractivity (Wildman–Crippen MR) is 49.8 cm³/mol. The van der Waals surface area contributed by atoms with E-state index in [2.05, 4.69) is 16.3 Å². The first kappa shape index (κ1) is 10.0. The molecule has 0 saturated carbocycles. The van der Waals surface area contributed by atoms with Crippen LogP contribution in [0.5, 0.6) is 0 Å². The van der Waals surface area contributed by atoms with E-state index in [0.29, 0.717) is 6.54 Å². The Labute approximate surface area is 80.9 Å². The second kappa shape index (κ2) is 4.25. The van der Waals surface area contributed by atoms with Crippen molar-refractivity contribution >= 4 is 11.8 Å². The summed E-state index contributed by atoms with van der Waals surface area (Å²) >= 11 is 1.38. The third kappa shape index (κ3) is 2.20. The lowest BCUT2D eigenvalue weighted by atomic mass is 10.5. The molecule has 1 atom stereocenters. The Bertz CT molecular complexity index is 326. The van der Waals surface area contributed by atoms with E-state index in [4.69, 9.17) is 11.0 Å². The van der Waals surface area contributed by atoms with Crippen LogP contribution in [0.15, 0.2) is 5.16 Å². The summed E-state index contributed by atoms with van der Waals surface area (Å²) in [4.78, 5) is 0. The van der Waals surface area contributed by atoms with Gasteiger partial charge in [0, 0.05) is 7.05 Å². The number of hydrogen-bond acceptors (Lipinski definition) is 5. The molecule has 2 N–H and O–H groups in total. The summed E-state index contributed by atoms with van der Waals surface area (Å²) in [7, 11) is 1.84. The van der Waals surface area contributed by atoms with Gasteiger partial charge in [-0.1, -0.05) is 11.8 Å². The average molecular weight is 197 g/mol. The molecule has 70 valence electrons. The maximum Gasteiger partial charge on any atom is 0.192 e. The minimum Gasteiger partial charge on any atom is -0.324 e. The average Bonchev–Trinajstić information content (AvgIpc) is 2.48. The van der Waals surface area contributed by atoms with E-state index in [-0.39, 0.29) is 5.25 Å². The first-order chi connectivity index (χ1) is 6.19. The fourth-order valence-corrected chi connectivity index (χ4v) is 1.53. The van der Waals surface area contributed by atoms with Crippen LogP contribution in [-0.4, -0.2) is 20.0 Å². The van der Waals surface area contributed by atoms with Gasteiger partial charge in [0.1, 0.15) is 5.82 Å². The first-order valence-corrected chi connectivity index (χ1v) is 4.71. The molecular weight excluding hydrogens is 186 g/mol. The minimum absolute atomic E-state index is 0.117. The molecule has 0 amide bonds. The fraction of sp³-hybridized carbons (Fsp3) is 0.571. The number of rotatable bonds is 3. The van der Waals surface area contributed by atoms with Gasteiger partial charge in [0.05, 0.1) is 17.9 Å². The van der Waals surface area contributed by atoms with Gasteiger partial charge in [-0.2, -0.15) is 5.26 Å². The summed E-state index contributed by atoms with van der Waals surface area (Å²) in [6.45, 7) is 2.19. The van der Waals surface area contributed by atoms with Crippen molar-refractivity contribution in [2.24, 2.45) is 12.8 Å². The molecule has 1 heterocycles. The Morgan fingerprint density at radius 2 is 2.38 bits per heavy atom. The molecule has 5 nitrogen and oxygen atoms in total. The molecular formula is C7H11N5S. The van der Waals surface area contributed by atoms with Crippen molar-refractivity contribution in [2.45, 2.75) is 23.9 Å². The molecule has 0 saturated heterocycles. The van der Waals surface area contributed by atoms with Crippen molar-refractivity contribution in [1.29, 1.82) is 5.26 Å². The number of hydrogen-bond donors (Lipinski definition) is 1. The zero-order valence-electron chi connectivity index (χ0n) is 7.56. The smallest absolute Gasteiger partial charge is 0.192 e. The molecule has 1 unspecified atom stereocenters. The van der Waals surface area contributed by atoms with Gasteiger partial charge in [0.15, 0.2) is 5.16 Å². The monoisotopic (exact) mass is 197 g/mol. The molecule has 1 aromatic rings. The molecule has 6 heteroatoms. The quantitative estimate of drug-likeness (QED) is 0.704. The van der Waals surface area contributed by atoms with Crippen molar-refractivity contribution < 1.29 is 0 Å². The Kier molecular flexibility index (Phi) is 3.28. The molecule has 0 radical (unpaired) electrons. The largest absolute Gasteiger partial charge is 0.324 e. The van der Waals surface area contributed by atoms with Crippen LogP contribution in [0.3, 0.4) is 0 Å². The first-order valence-electron chi connectivity index (χ1n) is 3.83. The van der Waals surface area contributed by atoms with Gasteiger partial charge in [-0.3, -0.25) is 0 Å². The highest BCUT2D eigenvalue weighted by Gasteiger charge is 2.10. The molecule has 13 heavy (non-hydrogen) atoms. The summed E-state index contributed by atoms with van der Waals surface area (Å²) in [5, 5.41) is 17.0. The van der Waals surface area contributed by atoms with Crippen LogP contribution >= 0.6 is 11.8 Å². The molecule has 0 spiro atoms. The van der Waals surface area contributed by atoms with E-state index >= 15 is 0 Å². The second-order valence-electron chi connectivity index (χ2n) is 2.55. The molecule has 0 aromatic carbocycles. The fourth-order valence-electron chi connectivity index (χ4n) is 0.810. The van der Waals surface area contributed by atoms with E-state index in [0.717, 1.165) is 11.0 Å². The summed E-state index contributed by atoms with van der Waals surface area (Å²) in [6, 6.07) is 2.12. The normalized spacial score (nSPS) is 12.5. The second-order valence-corrected chi connectivity index (χ2v) is 3.86. The molecule has 0 aliphatic heterocycles. The maximum absolute atomic E-state index is 8.60. The molecule has 0 bridgehead atoms. The SMILES string of the molecule is CC(C#N)Sc1nnc(CN)n1C. The number of nitrogens with zero attached hydrogens (tertiary/aromatic N) is 4. The van der Waals surface area contributed by atoms with Crippen LogP contribution in [0.1, 0.15) is 12.7 Å². The Hall–Kier alpha value is -1.06. The van der Waals surface area contributed by atoms with Gasteiger partial charge in [-0.05, 0) is 6.92 Å². The molecule has 0 fully saturated rings.